The highest BCUT2D eigenvalue weighted by atomic mass is 32.1. The van der Waals surface area contributed by atoms with Gasteiger partial charge in [0, 0.05) is 38.7 Å². The van der Waals surface area contributed by atoms with Crippen LogP contribution in [0.25, 0.3) is 0 Å². The van der Waals surface area contributed by atoms with Crippen molar-refractivity contribution in [1.29, 1.82) is 0 Å². The van der Waals surface area contributed by atoms with Crippen LogP contribution in [0.2, 0.25) is 0 Å². The molecule has 1 saturated heterocycles. The predicted molar refractivity (Wildman–Crippen MR) is 113 cm³/mol. The minimum absolute atomic E-state index is 0.0545. The molecule has 0 aliphatic carbocycles. The molecule has 2 rings (SSSR count). The average molecular weight is 407 g/mol. The molecule has 154 valence electrons. The lowest BCUT2D eigenvalue weighted by atomic mass is 10.1. The fourth-order valence-electron chi connectivity index (χ4n) is 3.27. The van der Waals surface area contributed by atoms with E-state index >= 15 is 0 Å². The third-order valence-electron chi connectivity index (χ3n) is 4.92. The molecule has 1 heterocycles. The lowest BCUT2D eigenvalue weighted by Gasteiger charge is -2.35. The predicted octanol–water partition coefficient (Wildman–Crippen LogP) is 2.87. The summed E-state index contributed by atoms with van der Waals surface area (Å²) in [4.78, 5) is 29.6. The van der Waals surface area contributed by atoms with Gasteiger partial charge in [-0.25, -0.2) is 0 Å². The Morgan fingerprint density at radius 2 is 1.39 bits per heavy atom. The van der Waals surface area contributed by atoms with Crippen molar-refractivity contribution in [2.45, 2.75) is 39.0 Å². The van der Waals surface area contributed by atoms with E-state index in [0.717, 1.165) is 29.7 Å². The smallest absolute Gasteiger partial charge is 0.227 e. The molecule has 0 aromatic heterocycles. The van der Waals surface area contributed by atoms with Crippen molar-refractivity contribution in [1.82, 2.24) is 9.80 Å². The standard InChI is InChI=1S/C21H30N2O4S/c1-16(28)6-4-5-7-20(24)22-8-10-23(11-9-22)21(25)14-17-12-18(26-2)15-19(13-17)27-3/h12-13,15H,4-11,14H2,1-3H3. The van der Waals surface area contributed by atoms with E-state index in [-0.39, 0.29) is 11.8 Å². The molecule has 7 heteroatoms. The van der Waals surface area contributed by atoms with E-state index < -0.39 is 0 Å². The fraction of sp³-hybridized carbons (Fsp3) is 0.571. The fourth-order valence-corrected chi connectivity index (χ4v) is 3.41. The first-order valence-corrected chi connectivity index (χ1v) is 10.1. The van der Waals surface area contributed by atoms with Gasteiger partial charge in [0.05, 0.1) is 20.6 Å². The zero-order chi connectivity index (χ0) is 20.5. The van der Waals surface area contributed by atoms with E-state index in [9.17, 15) is 9.59 Å². The number of thiocarbonyl (C=S) groups is 1. The second-order valence-electron chi connectivity index (χ2n) is 7.07. The maximum absolute atomic E-state index is 12.6. The maximum Gasteiger partial charge on any atom is 0.227 e. The summed E-state index contributed by atoms with van der Waals surface area (Å²) in [7, 11) is 3.18. The summed E-state index contributed by atoms with van der Waals surface area (Å²) in [5.74, 6) is 1.56. The Morgan fingerprint density at radius 1 is 0.893 bits per heavy atom. The van der Waals surface area contributed by atoms with Gasteiger partial charge in [-0.2, -0.15) is 0 Å². The van der Waals surface area contributed by atoms with E-state index in [1.165, 1.54) is 0 Å². The van der Waals surface area contributed by atoms with Crippen LogP contribution >= 0.6 is 12.2 Å². The molecule has 2 amide bonds. The number of unbranched alkanes of at least 4 members (excludes halogenated alkanes) is 1. The SMILES string of the molecule is COc1cc(CC(=O)N2CCN(C(=O)CCCCC(C)=S)CC2)cc(OC)c1. The van der Waals surface area contributed by atoms with Crippen molar-refractivity contribution in [2.24, 2.45) is 0 Å². The number of rotatable bonds is 9. The highest BCUT2D eigenvalue weighted by molar-refractivity contribution is 7.80. The van der Waals surface area contributed by atoms with E-state index in [0.29, 0.717) is 50.5 Å². The molecule has 0 spiro atoms. The van der Waals surface area contributed by atoms with Crippen molar-refractivity contribution in [2.75, 3.05) is 40.4 Å². The lowest BCUT2D eigenvalue weighted by Crippen LogP contribution is -2.50. The summed E-state index contributed by atoms with van der Waals surface area (Å²) >= 11 is 5.07. The van der Waals surface area contributed by atoms with Gasteiger partial charge in [0.2, 0.25) is 11.8 Å². The summed E-state index contributed by atoms with van der Waals surface area (Å²) < 4.78 is 10.5. The quantitative estimate of drug-likeness (QED) is 0.466. The zero-order valence-electron chi connectivity index (χ0n) is 17.0. The van der Waals surface area contributed by atoms with Crippen LogP contribution in [0, 0.1) is 0 Å². The number of amides is 2. The van der Waals surface area contributed by atoms with Crippen LogP contribution in [-0.4, -0.2) is 66.9 Å². The molecular weight excluding hydrogens is 376 g/mol. The average Bonchev–Trinajstić information content (AvgIpc) is 2.70. The molecule has 0 unspecified atom stereocenters. The van der Waals surface area contributed by atoms with Crippen molar-refractivity contribution in [3.8, 4) is 11.5 Å². The topological polar surface area (TPSA) is 59.1 Å². The molecule has 0 radical (unpaired) electrons. The van der Waals surface area contributed by atoms with Crippen molar-refractivity contribution >= 4 is 28.9 Å². The molecule has 1 fully saturated rings. The molecule has 0 saturated carbocycles. The van der Waals surface area contributed by atoms with Gasteiger partial charge in [0.25, 0.3) is 0 Å². The van der Waals surface area contributed by atoms with E-state index in [1.54, 1.807) is 20.3 Å². The first-order chi connectivity index (χ1) is 13.4. The van der Waals surface area contributed by atoms with Gasteiger partial charge in [-0.05, 0) is 48.7 Å². The summed E-state index contributed by atoms with van der Waals surface area (Å²) in [6.07, 6.45) is 3.58. The van der Waals surface area contributed by atoms with Crippen LogP contribution in [0.1, 0.15) is 38.2 Å². The van der Waals surface area contributed by atoms with Gasteiger partial charge in [-0.15, -0.1) is 0 Å². The number of piperazine rings is 1. The summed E-state index contributed by atoms with van der Waals surface area (Å²) in [6, 6.07) is 5.48. The van der Waals surface area contributed by atoms with Crippen LogP contribution in [0.4, 0.5) is 0 Å². The van der Waals surface area contributed by atoms with E-state index in [1.807, 2.05) is 28.9 Å². The number of carbonyl (C=O) groups excluding carboxylic acids is 2. The minimum atomic E-state index is 0.0545. The molecule has 1 aromatic carbocycles. The second-order valence-corrected chi connectivity index (χ2v) is 7.77. The molecule has 1 aromatic rings. The number of carbonyl (C=O) groups is 2. The molecule has 0 atom stereocenters. The van der Waals surface area contributed by atoms with Gasteiger partial charge >= 0.3 is 0 Å². The number of hydrogen-bond donors (Lipinski definition) is 0. The van der Waals surface area contributed by atoms with Crippen LogP contribution in [0.15, 0.2) is 18.2 Å². The second kappa shape index (κ2) is 11.0. The Hall–Kier alpha value is -2.15. The first-order valence-electron chi connectivity index (χ1n) is 9.70. The maximum atomic E-state index is 12.6. The minimum Gasteiger partial charge on any atom is -0.497 e. The third-order valence-corrected chi connectivity index (χ3v) is 5.13. The van der Waals surface area contributed by atoms with Gasteiger partial charge in [0.15, 0.2) is 0 Å². The number of nitrogens with zero attached hydrogens (tertiary/aromatic N) is 2. The molecule has 1 aliphatic rings. The Kier molecular flexibility index (Phi) is 8.70. The van der Waals surface area contributed by atoms with Crippen LogP contribution in [0.3, 0.4) is 0 Å². The van der Waals surface area contributed by atoms with Crippen LogP contribution in [0.5, 0.6) is 11.5 Å². The molecular formula is C21H30N2O4S. The number of ether oxygens (including phenoxy) is 2. The monoisotopic (exact) mass is 406 g/mol. The molecule has 0 N–H and O–H groups in total. The van der Waals surface area contributed by atoms with Crippen molar-refractivity contribution < 1.29 is 19.1 Å². The van der Waals surface area contributed by atoms with Crippen molar-refractivity contribution in [3.05, 3.63) is 23.8 Å². The number of benzene rings is 1. The Labute approximate surface area is 172 Å². The Bertz CT molecular complexity index is 677. The molecule has 0 bridgehead atoms. The third kappa shape index (κ3) is 6.78. The molecule has 1 aliphatic heterocycles. The first kappa shape index (κ1) is 22.1. The van der Waals surface area contributed by atoms with Gasteiger partial charge in [0.1, 0.15) is 11.5 Å². The van der Waals surface area contributed by atoms with Gasteiger partial charge in [-0.3, -0.25) is 9.59 Å². The summed E-state index contributed by atoms with van der Waals surface area (Å²) in [6.45, 7) is 4.28. The van der Waals surface area contributed by atoms with Crippen LogP contribution in [-0.2, 0) is 16.0 Å². The van der Waals surface area contributed by atoms with Crippen molar-refractivity contribution in [3.63, 3.8) is 0 Å². The van der Waals surface area contributed by atoms with Crippen LogP contribution < -0.4 is 9.47 Å². The largest absolute Gasteiger partial charge is 0.497 e. The number of hydrogen-bond acceptors (Lipinski definition) is 5. The molecule has 28 heavy (non-hydrogen) atoms. The van der Waals surface area contributed by atoms with E-state index in [4.69, 9.17) is 21.7 Å². The Balaban J connectivity index is 1.80. The van der Waals surface area contributed by atoms with E-state index in [2.05, 4.69) is 0 Å². The number of methoxy groups -OCH3 is 2. The summed E-state index contributed by atoms with van der Waals surface area (Å²) in [5.41, 5.74) is 0.855. The normalized spacial score (nSPS) is 14.0. The van der Waals surface area contributed by atoms with Gasteiger partial charge in [-0.1, -0.05) is 12.2 Å². The zero-order valence-corrected chi connectivity index (χ0v) is 17.8. The highest BCUT2D eigenvalue weighted by Gasteiger charge is 2.24. The lowest BCUT2D eigenvalue weighted by molar-refractivity contribution is -0.139. The molecule has 6 nitrogen and oxygen atoms in total. The van der Waals surface area contributed by atoms with Gasteiger partial charge < -0.3 is 19.3 Å². The highest BCUT2D eigenvalue weighted by Crippen LogP contribution is 2.23. The Morgan fingerprint density at radius 3 is 1.89 bits per heavy atom. The summed E-state index contributed by atoms with van der Waals surface area (Å²) in [5, 5.41) is 0.